The van der Waals surface area contributed by atoms with Gasteiger partial charge < -0.3 is 9.47 Å². The third kappa shape index (κ3) is 5.41. The quantitative estimate of drug-likeness (QED) is 0.492. The first-order valence-corrected chi connectivity index (χ1v) is 10.7. The summed E-state index contributed by atoms with van der Waals surface area (Å²) < 4.78 is 11.2. The minimum Gasteiger partial charge on any atom is -0.490 e. The van der Waals surface area contributed by atoms with Crippen LogP contribution in [0.15, 0.2) is 47.6 Å². The molecular weight excluding hydrogens is 376 g/mol. The molecule has 2 aromatic carbocycles. The Morgan fingerprint density at radius 3 is 2.37 bits per heavy atom. The van der Waals surface area contributed by atoms with Gasteiger partial charge >= 0.3 is 0 Å². The molecule has 1 saturated carbocycles. The summed E-state index contributed by atoms with van der Waals surface area (Å²) in [6.45, 7) is 11.6. The Bertz CT molecular complexity index is 898. The lowest BCUT2D eigenvalue weighted by Gasteiger charge is -2.19. The van der Waals surface area contributed by atoms with Gasteiger partial charge in [-0.1, -0.05) is 45.0 Å². The van der Waals surface area contributed by atoms with Gasteiger partial charge in [0, 0.05) is 5.92 Å². The Morgan fingerprint density at radius 2 is 1.73 bits per heavy atom. The molecule has 30 heavy (non-hydrogen) atoms. The van der Waals surface area contributed by atoms with E-state index in [0.717, 1.165) is 12.0 Å². The largest absolute Gasteiger partial charge is 0.490 e. The van der Waals surface area contributed by atoms with Crippen LogP contribution in [-0.4, -0.2) is 25.3 Å². The fraction of sp³-hybridized carbons (Fsp3) is 0.440. The van der Waals surface area contributed by atoms with E-state index in [2.05, 4.69) is 55.6 Å². The number of benzene rings is 2. The summed E-state index contributed by atoms with van der Waals surface area (Å²) in [5.41, 5.74) is 6.18. The molecule has 0 aromatic heterocycles. The van der Waals surface area contributed by atoms with E-state index in [9.17, 15) is 4.79 Å². The fourth-order valence-electron chi connectivity index (χ4n) is 3.48. The van der Waals surface area contributed by atoms with E-state index < -0.39 is 0 Å². The molecule has 0 spiro atoms. The molecule has 1 aliphatic rings. The van der Waals surface area contributed by atoms with Crippen molar-refractivity contribution in [1.82, 2.24) is 5.43 Å². The Morgan fingerprint density at radius 1 is 1.07 bits per heavy atom. The van der Waals surface area contributed by atoms with Crippen LogP contribution < -0.4 is 14.9 Å². The van der Waals surface area contributed by atoms with Gasteiger partial charge in [-0.25, -0.2) is 5.43 Å². The van der Waals surface area contributed by atoms with E-state index in [4.69, 9.17) is 9.47 Å². The number of amides is 1. The van der Waals surface area contributed by atoms with Crippen LogP contribution in [-0.2, 0) is 10.2 Å². The number of nitrogens with one attached hydrogen (secondary N) is 1. The van der Waals surface area contributed by atoms with E-state index in [1.807, 2.05) is 32.0 Å². The summed E-state index contributed by atoms with van der Waals surface area (Å²) in [5.74, 6) is 1.62. The van der Waals surface area contributed by atoms with Crippen molar-refractivity contribution < 1.29 is 14.3 Å². The molecule has 0 heterocycles. The molecule has 160 valence electrons. The molecule has 2 aromatic rings. The lowest BCUT2D eigenvalue weighted by molar-refractivity contribution is -0.122. The molecular formula is C25H32N2O3. The minimum atomic E-state index is -0.0351. The van der Waals surface area contributed by atoms with Gasteiger partial charge in [-0.3, -0.25) is 4.79 Å². The maximum atomic E-state index is 12.4. The third-order valence-corrected chi connectivity index (χ3v) is 5.29. The van der Waals surface area contributed by atoms with Crippen molar-refractivity contribution in [2.75, 3.05) is 13.2 Å². The first kappa shape index (κ1) is 21.9. The smallest absolute Gasteiger partial charge is 0.243 e. The van der Waals surface area contributed by atoms with Crippen molar-refractivity contribution in [1.29, 1.82) is 0 Å². The summed E-state index contributed by atoms with van der Waals surface area (Å²) in [6, 6.07) is 14.2. The molecule has 0 bridgehead atoms. The van der Waals surface area contributed by atoms with Crippen molar-refractivity contribution in [3.63, 3.8) is 0 Å². The molecule has 1 N–H and O–H groups in total. The average Bonchev–Trinajstić information content (AvgIpc) is 3.51. The van der Waals surface area contributed by atoms with Crippen LogP contribution >= 0.6 is 0 Å². The van der Waals surface area contributed by atoms with Crippen molar-refractivity contribution in [2.45, 2.75) is 52.4 Å². The number of ether oxygens (including phenoxy) is 2. The van der Waals surface area contributed by atoms with Gasteiger partial charge in [0.25, 0.3) is 0 Å². The molecule has 1 aliphatic carbocycles. The van der Waals surface area contributed by atoms with Crippen molar-refractivity contribution in [2.24, 2.45) is 11.0 Å². The predicted octanol–water partition coefficient (Wildman–Crippen LogP) is 5.04. The molecule has 2 atom stereocenters. The number of hydrogen-bond donors (Lipinski definition) is 1. The number of carbonyl (C=O) groups is 1. The lowest BCUT2D eigenvalue weighted by atomic mass is 9.86. The highest BCUT2D eigenvalue weighted by Gasteiger charge is 2.44. The van der Waals surface area contributed by atoms with Gasteiger partial charge in [0.05, 0.1) is 19.4 Å². The third-order valence-electron chi connectivity index (χ3n) is 5.29. The van der Waals surface area contributed by atoms with Gasteiger partial charge in [0.2, 0.25) is 5.91 Å². The first-order valence-electron chi connectivity index (χ1n) is 10.7. The monoisotopic (exact) mass is 408 g/mol. The second kappa shape index (κ2) is 9.33. The number of hydrogen-bond acceptors (Lipinski definition) is 4. The molecule has 5 heteroatoms. The number of rotatable bonds is 8. The number of carbonyl (C=O) groups excluding carboxylic acids is 1. The summed E-state index contributed by atoms with van der Waals surface area (Å²) in [7, 11) is 0. The molecule has 0 unspecified atom stereocenters. The average molecular weight is 409 g/mol. The zero-order valence-corrected chi connectivity index (χ0v) is 18.6. The van der Waals surface area contributed by atoms with Crippen LogP contribution in [0.1, 0.15) is 63.6 Å². The van der Waals surface area contributed by atoms with Gasteiger partial charge in [-0.2, -0.15) is 5.10 Å². The Kier molecular flexibility index (Phi) is 6.80. The van der Waals surface area contributed by atoms with Crippen LogP contribution in [0.5, 0.6) is 11.5 Å². The van der Waals surface area contributed by atoms with Crippen LogP contribution in [0, 0.1) is 5.92 Å². The van der Waals surface area contributed by atoms with Gasteiger partial charge in [0.15, 0.2) is 11.5 Å². The highest BCUT2D eigenvalue weighted by molar-refractivity contribution is 5.86. The number of hydrazone groups is 1. The van der Waals surface area contributed by atoms with E-state index in [1.54, 1.807) is 6.21 Å². The summed E-state index contributed by atoms with van der Waals surface area (Å²) in [4.78, 5) is 12.4. The maximum absolute atomic E-state index is 12.4. The van der Waals surface area contributed by atoms with E-state index in [1.165, 1.54) is 11.1 Å². The second-order valence-electron chi connectivity index (χ2n) is 8.63. The number of nitrogens with zero attached hydrogens (tertiary/aromatic N) is 1. The highest BCUT2D eigenvalue weighted by Crippen LogP contribution is 2.47. The summed E-state index contributed by atoms with van der Waals surface area (Å²) >= 11 is 0. The van der Waals surface area contributed by atoms with Gasteiger partial charge in [-0.05, 0) is 66.5 Å². The topological polar surface area (TPSA) is 59.9 Å². The molecule has 0 radical (unpaired) electrons. The van der Waals surface area contributed by atoms with Crippen LogP contribution in [0.4, 0.5) is 0 Å². The van der Waals surface area contributed by atoms with Crippen LogP contribution in [0.25, 0.3) is 0 Å². The van der Waals surface area contributed by atoms with E-state index in [0.29, 0.717) is 24.7 Å². The highest BCUT2D eigenvalue weighted by atomic mass is 16.5. The zero-order valence-electron chi connectivity index (χ0n) is 18.6. The van der Waals surface area contributed by atoms with E-state index >= 15 is 0 Å². The summed E-state index contributed by atoms with van der Waals surface area (Å²) in [5, 5.41) is 4.13. The Balaban J connectivity index is 1.56. The normalized spacial score (nSPS) is 18.3. The Labute approximate surface area is 179 Å². The van der Waals surface area contributed by atoms with Crippen molar-refractivity contribution in [3.05, 3.63) is 59.2 Å². The fourth-order valence-corrected chi connectivity index (χ4v) is 3.48. The maximum Gasteiger partial charge on any atom is 0.243 e. The minimum absolute atomic E-state index is 0.0121. The van der Waals surface area contributed by atoms with Gasteiger partial charge in [-0.15, -0.1) is 0 Å². The van der Waals surface area contributed by atoms with E-state index in [-0.39, 0.29) is 23.2 Å². The molecule has 1 fully saturated rings. The van der Waals surface area contributed by atoms with Crippen LogP contribution in [0.3, 0.4) is 0 Å². The molecule has 3 rings (SSSR count). The zero-order chi connectivity index (χ0) is 21.7. The lowest BCUT2D eigenvalue weighted by Crippen LogP contribution is -2.20. The predicted molar refractivity (Wildman–Crippen MR) is 121 cm³/mol. The SMILES string of the molecule is CCOc1ccc(C=NNC(=O)[C@H]2C[C@@H]2c2ccc(C(C)(C)C)cc2)cc1OCC. The Hall–Kier alpha value is -2.82. The standard InChI is InChI=1S/C25H32N2O3/c1-6-29-22-13-8-17(14-23(22)30-7-2)16-26-27-24(28)21-15-20(21)18-9-11-19(12-10-18)25(3,4)5/h8-14,16,20-21H,6-7,15H2,1-5H3,(H,27,28)/t20-,21+/m1/s1. The molecule has 0 aliphatic heterocycles. The molecule has 5 nitrogen and oxygen atoms in total. The van der Waals surface area contributed by atoms with Crippen molar-refractivity contribution in [3.8, 4) is 11.5 Å². The summed E-state index contributed by atoms with van der Waals surface area (Å²) in [6.07, 6.45) is 2.50. The van der Waals surface area contributed by atoms with Crippen LogP contribution in [0.2, 0.25) is 0 Å². The first-order chi connectivity index (χ1) is 14.3. The van der Waals surface area contributed by atoms with Crippen molar-refractivity contribution >= 4 is 12.1 Å². The van der Waals surface area contributed by atoms with Gasteiger partial charge in [0.1, 0.15) is 0 Å². The molecule has 0 saturated heterocycles. The molecule has 1 amide bonds. The second-order valence-corrected chi connectivity index (χ2v) is 8.63.